The van der Waals surface area contributed by atoms with Gasteiger partial charge in [0, 0.05) is 19.0 Å². The van der Waals surface area contributed by atoms with Crippen LogP contribution in [-0.2, 0) is 4.79 Å². The van der Waals surface area contributed by atoms with Crippen molar-refractivity contribution >= 4 is 5.91 Å². The van der Waals surface area contributed by atoms with E-state index in [-0.39, 0.29) is 12.5 Å². The zero-order valence-corrected chi connectivity index (χ0v) is 9.17. The Morgan fingerprint density at radius 1 is 1.60 bits per heavy atom. The van der Waals surface area contributed by atoms with Crippen molar-refractivity contribution in [2.75, 3.05) is 13.1 Å². The fourth-order valence-corrected chi connectivity index (χ4v) is 1.88. The zero-order chi connectivity index (χ0) is 11.6. The van der Waals surface area contributed by atoms with Gasteiger partial charge in [0.1, 0.15) is 0 Å². The van der Waals surface area contributed by atoms with Crippen LogP contribution in [0, 0.1) is 5.92 Å². The van der Waals surface area contributed by atoms with Crippen molar-refractivity contribution in [2.24, 2.45) is 11.7 Å². The molecule has 88 valence electrons. The Morgan fingerprint density at radius 2 is 2.20 bits per heavy atom. The molecule has 1 amide bonds. The van der Waals surface area contributed by atoms with Crippen LogP contribution in [0.15, 0.2) is 0 Å². The van der Waals surface area contributed by atoms with E-state index in [9.17, 15) is 13.6 Å². The number of rotatable bonds is 2. The lowest BCUT2D eigenvalue weighted by Crippen LogP contribution is -2.49. The summed E-state index contributed by atoms with van der Waals surface area (Å²) in [5.74, 6) is -3.67. The van der Waals surface area contributed by atoms with Crippen molar-refractivity contribution in [3.8, 4) is 0 Å². The van der Waals surface area contributed by atoms with Crippen LogP contribution in [0.1, 0.15) is 26.7 Å². The number of nitrogens with zero attached hydrogens (tertiary/aromatic N) is 1. The van der Waals surface area contributed by atoms with Crippen LogP contribution in [0.4, 0.5) is 8.78 Å². The lowest BCUT2D eigenvalue weighted by Gasteiger charge is -2.36. The first-order chi connectivity index (χ1) is 6.82. The van der Waals surface area contributed by atoms with Crippen LogP contribution in [0.2, 0.25) is 0 Å². The van der Waals surface area contributed by atoms with Gasteiger partial charge in [0.15, 0.2) is 0 Å². The van der Waals surface area contributed by atoms with E-state index in [0.29, 0.717) is 19.4 Å². The van der Waals surface area contributed by atoms with Gasteiger partial charge in [0.2, 0.25) is 11.8 Å². The molecule has 3 nitrogen and oxygen atoms in total. The van der Waals surface area contributed by atoms with E-state index >= 15 is 0 Å². The van der Waals surface area contributed by atoms with Crippen molar-refractivity contribution < 1.29 is 13.6 Å². The molecule has 0 saturated carbocycles. The van der Waals surface area contributed by atoms with Crippen molar-refractivity contribution in [1.29, 1.82) is 0 Å². The number of hydrogen-bond donors (Lipinski definition) is 1. The average molecular weight is 220 g/mol. The number of halogens is 2. The Bertz CT molecular complexity index is 238. The van der Waals surface area contributed by atoms with Gasteiger partial charge in [-0.05, 0) is 26.7 Å². The molecule has 1 saturated heterocycles. The summed E-state index contributed by atoms with van der Waals surface area (Å²) in [6, 6.07) is -0.603. The van der Waals surface area contributed by atoms with E-state index in [0.717, 1.165) is 6.92 Å². The molecule has 1 aliphatic heterocycles. The lowest BCUT2D eigenvalue weighted by molar-refractivity contribution is -0.138. The topological polar surface area (TPSA) is 46.3 Å². The van der Waals surface area contributed by atoms with Crippen molar-refractivity contribution in [1.82, 2.24) is 4.90 Å². The standard InChI is InChI=1S/C10H18F2N2O/c1-7(13)9(15)14-5-3-4-8(6-14)10(2,11)12/h7-8H,3-6,13H2,1-2H3/t7-,8+/m1/s1. The van der Waals surface area contributed by atoms with E-state index in [1.165, 1.54) is 4.90 Å². The second-order valence-corrected chi connectivity index (χ2v) is 4.37. The predicted octanol–water partition coefficient (Wildman–Crippen LogP) is 1.23. The normalized spacial score (nSPS) is 25.1. The second kappa shape index (κ2) is 4.43. The Kier molecular flexibility index (Phi) is 3.65. The number of carbonyl (C=O) groups excluding carboxylic acids is 1. The van der Waals surface area contributed by atoms with E-state index < -0.39 is 17.9 Å². The molecule has 0 aromatic carbocycles. The lowest BCUT2D eigenvalue weighted by atomic mass is 9.92. The maximum Gasteiger partial charge on any atom is 0.249 e. The molecule has 1 rings (SSSR count). The Hall–Kier alpha value is -0.710. The van der Waals surface area contributed by atoms with Gasteiger partial charge >= 0.3 is 0 Å². The number of carbonyl (C=O) groups is 1. The van der Waals surface area contributed by atoms with Gasteiger partial charge in [0.25, 0.3) is 0 Å². The Balaban J connectivity index is 2.60. The van der Waals surface area contributed by atoms with Crippen molar-refractivity contribution in [3.63, 3.8) is 0 Å². The second-order valence-electron chi connectivity index (χ2n) is 4.37. The molecule has 2 atom stereocenters. The number of nitrogens with two attached hydrogens (primary N) is 1. The molecule has 2 N–H and O–H groups in total. The molecule has 0 radical (unpaired) electrons. The van der Waals surface area contributed by atoms with Gasteiger partial charge in [-0.3, -0.25) is 4.79 Å². The first-order valence-corrected chi connectivity index (χ1v) is 5.24. The summed E-state index contributed by atoms with van der Waals surface area (Å²) in [7, 11) is 0. The van der Waals surface area contributed by atoms with Crippen molar-refractivity contribution in [2.45, 2.75) is 38.7 Å². The first-order valence-electron chi connectivity index (χ1n) is 5.24. The highest BCUT2D eigenvalue weighted by atomic mass is 19.3. The molecule has 1 fully saturated rings. The van der Waals surface area contributed by atoms with Crippen LogP contribution in [-0.4, -0.2) is 35.9 Å². The summed E-state index contributed by atoms with van der Waals surface area (Å²) < 4.78 is 26.2. The smallest absolute Gasteiger partial charge is 0.249 e. The van der Waals surface area contributed by atoms with E-state index in [1.54, 1.807) is 6.92 Å². The number of amides is 1. The minimum Gasteiger partial charge on any atom is -0.341 e. The molecule has 15 heavy (non-hydrogen) atoms. The molecular formula is C10H18F2N2O. The SMILES string of the molecule is C[C@@H](N)C(=O)N1CCC[C@H](C(C)(F)F)C1. The monoisotopic (exact) mass is 220 g/mol. The number of likely N-dealkylation sites (tertiary alicyclic amines) is 1. The molecule has 1 aliphatic rings. The summed E-state index contributed by atoms with van der Waals surface area (Å²) in [4.78, 5) is 13.0. The van der Waals surface area contributed by atoms with Gasteiger partial charge in [0.05, 0.1) is 6.04 Å². The largest absolute Gasteiger partial charge is 0.341 e. The van der Waals surface area contributed by atoms with Gasteiger partial charge in [-0.1, -0.05) is 0 Å². The maximum atomic E-state index is 13.1. The first kappa shape index (κ1) is 12.4. The fourth-order valence-electron chi connectivity index (χ4n) is 1.88. The van der Waals surface area contributed by atoms with E-state index in [2.05, 4.69) is 0 Å². The van der Waals surface area contributed by atoms with Gasteiger partial charge < -0.3 is 10.6 Å². The van der Waals surface area contributed by atoms with Crippen LogP contribution in [0.5, 0.6) is 0 Å². The highest BCUT2D eigenvalue weighted by Gasteiger charge is 2.38. The molecule has 0 spiro atoms. The van der Waals surface area contributed by atoms with Gasteiger partial charge in [-0.2, -0.15) is 0 Å². The minimum atomic E-state index is -2.71. The minimum absolute atomic E-state index is 0.129. The van der Waals surface area contributed by atoms with Crippen LogP contribution >= 0.6 is 0 Å². The third-order valence-corrected chi connectivity index (χ3v) is 2.84. The summed E-state index contributed by atoms with van der Waals surface area (Å²) in [5, 5.41) is 0. The maximum absolute atomic E-state index is 13.1. The Morgan fingerprint density at radius 3 is 2.67 bits per heavy atom. The fraction of sp³-hybridized carbons (Fsp3) is 0.900. The van der Waals surface area contributed by atoms with Crippen LogP contribution in [0.3, 0.4) is 0 Å². The van der Waals surface area contributed by atoms with Gasteiger partial charge in [-0.25, -0.2) is 8.78 Å². The van der Waals surface area contributed by atoms with E-state index in [1.807, 2.05) is 0 Å². The van der Waals surface area contributed by atoms with Crippen molar-refractivity contribution in [3.05, 3.63) is 0 Å². The van der Waals surface area contributed by atoms with E-state index in [4.69, 9.17) is 5.73 Å². The summed E-state index contributed by atoms with van der Waals surface area (Å²) in [6.07, 6.45) is 1.11. The zero-order valence-electron chi connectivity index (χ0n) is 9.17. The molecule has 1 heterocycles. The van der Waals surface area contributed by atoms with Crippen LogP contribution in [0.25, 0.3) is 0 Å². The highest BCUT2D eigenvalue weighted by Crippen LogP contribution is 2.31. The molecular weight excluding hydrogens is 202 g/mol. The summed E-state index contributed by atoms with van der Waals surface area (Å²) in [6.45, 7) is 3.17. The quantitative estimate of drug-likeness (QED) is 0.760. The predicted molar refractivity (Wildman–Crippen MR) is 53.6 cm³/mol. The third-order valence-electron chi connectivity index (χ3n) is 2.84. The molecule has 0 unspecified atom stereocenters. The highest BCUT2D eigenvalue weighted by molar-refractivity contribution is 5.81. The molecule has 0 aliphatic carbocycles. The molecule has 0 aromatic rings. The summed E-state index contributed by atoms with van der Waals surface area (Å²) in [5.41, 5.74) is 5.44. The molecule has 5 heteroatoms. The van der Waals surface area contributed by atoms with Crippen LogP contribution < -0.4 is 5.73 Å². The molecule has 0 aromatic heterocycles. The number of alkyl halides is 2. The average Bonchev–Trinajstić information content (AvgIpc) is 2.15. The Labute approximate surface area is 88.6 Å². The third kappa shape index (κ3) is 3.12. The number of hydrogen-bond acceptors (Lipinski definition) is 2. The number of piperidine rings is 1. The van der Waals surface area contributed by atoms with Gasteiger partial charge in [-0.15, -0.1) is 0 Å². The molecule has 0 bridgehead atoms. The summed E-state index contributed by atoms with van der Waals surface area (Å²) >= 11 is 0.